The van der Waals surface area contributed by atoms with Crippen LogP contribution in [-0.4, -0.2) is 32.8 Å². The molecule has 1 amide bonds. The number of hydrogen-bond acceptors (Lipinski definition) is 4. The molecule has 0 spiro atoms. The summed E-state index contributed by atoms with van der Waals surface area (Å²) in [5.74, 6) is -0.511. The van der Waals surface area contributed by atoms with Crippen molar-refractivity contribution in [3.8, 4) is 17.2 Å². The molecule has 0 atom stereocenters. The monoisotopic (exact) mass is 387 g/mol. The molecule has 9 heteroatoms. The molecule has 0 aliphatic carbocycles. The number of ether oxygens (including phenoxy) is 3. The Balaban J connectivity index is 1.93. The number of halogens is 4. The average Bonchev–Trinajstić information content (AvgIpc) is 2.62. The standard InChI is InChI=1S/C18H17F4NO4/c1-25-15-9-11(5-6-14(15)27-18(21)22)7-8-23-16(24)12-3-2-4-13(10-12)26-17(19)20/h2-6,9-10,17-18H,7-8H2,1H3,(H,23,24). The van der Waals surface area contributed by atoms with E-state index in [0.717, 1.165) is 5.56 Å². The van der Waals surface area contributed by atoms with Crippen LogP contribution in [0, 0.1) is 0 Å². The highest BCUT2D eigenvalue weighted by Gasteiger charge is 2.12. The van der Waals surface area contributed by atoms with Gasteiger partial charge in [0.25, 0.3) is 5.91 Å². The van der Waals surface area contributed by atoms with Gasteiger partial charge in [-0.2, -0.15) is 17.6 Å². The summed E-state index contributed by atoms with van der Waals surface area (Å²) in [6.07, 6.45) is 0.393. The first-order chi connectivity index (χ1) is 12.9. The van der Waals surface area contributed by atoms with Crippen LogP contribution < -0.4 is 19.5 Å². The van der Waals surface area contributed by atoms with Crippen LogP contribution in [0.1, 0.15) is 15.9 Å². The molecule has 0 aliphatic rings. The zero-order chi connectivity index (χ0) is 19.8. The SMILES string of the molecule is COc1cc(CCNC(=O)c2cccc(OC(F)F)c2)ccc1OC(F)F. The number of methoxy groups -OCH3 is 1. The molecular weight excluding hydrogens is 370 g/mol. The zero-order valence-corrected chi connectivity index (χ0v) is 14.3. The highest BCUT2D eigenvalue weighted by molar-refractivity contribution is 5.94. The topological polar surface area (TPSA) is 56.8 Å². The molecule has 0 fully saturated rings. The second-order valence-corrected chi connectivity index (χ2v) is 5.28. The van der Waals surface area contributed by atoms with Crippen molar-refractivity contribution < 1.29 is 36.6 Å². The van der Waals surface area contributed by atoms with Crippen LogP contribution in [0.25, 0.3) is 0 Å². The largest absolute Gasteiger partial charge is 0.493 e. The van der Waals surface area contributed by atoms with Gasteiger partial charge in [0, 0.05) is 12.1 Å². The maximum atomic E-state index is 12.3. The molecule has 0 saturated heterocycles. The van der Waals surface area contributed by atoms with E-state index in [1.54, 1.807) is 6.07 Å². The number of carbonyl (C=O) groups is 1. The zero-order valence-electron chi connectivity index (χ0n) is 14.3. The fourth-order valence-corrected chi connectivity index (χ4v) is 2.30. The van der Waals surface area contributed by atoms with E-state index in [1.165, 1.54) is 43.5 Å². The molecule has 0 radical (unpaired) electrons. The van der Waals surface area contributed by atoms with Crippen molar-refractivity contribution in [1.29, 1.82) is 0 Å². The summed E-state index contributed by atoms with van der Waals surface area (Å²) < 4.78 is 62.7. The van der Waals surface area contributed by atoms with E-state index in [0.29, 0.717) is 6.42 Å². The molecule has 2 aromatic rings. The van der Waals surface area contributed by atoms with E-state index >= 15 is 0 Å². The molecule has 0 aliphatic heterocycles. The molecule has 0 bridgehead atoms. The lowest BCUT2D eigenvalue weighted by molar-refractivity contribution is -0.0514. The van der Waals surface area contributed by atoms with Crippen molar-refractivity contribution in [2.24, 2.45) is 0 Å². The Bertz CT molecular complexity index is 771. The lowest BCUT2D eigenvalue weighted by Crippen LogP contribution is -2.25. The predicted molar refractivity (Wildman–Crippen MR) is 88.7 cm³/mol. The number of nitrogens with one attached hydrogen (secondary N) is 1. The van der Waals surface area contributed by atoms with Gasteiger partial charge in [0.05, 0.1) is 7.11 Å². The van der Waals surface area contributed by atoms with Crippen molar-refractivity contribution in [3.05, 3.63) is 53.6 Å². The third kappa shape index (κ3) is 6.36. The highest BCUT2D eigenvalue weighted by Crippen LogP contribution is 2.29. The van der Waals surface area contributed by atoms with E-state index in [2.05, 4.69) is 14.8 Å². The van der Waals surface area contributed by atoms with Gasteiger partial charge in [-0.1, -0.05) is 12.1 Å². The molecule has 5 nitrogen and oxygen atoms in total. The Kier molecular flexibility index (Phi) is 7.27. The minimum absolute atomic E-state index is 0.0869. The van der Waals surface area contributed by atoms with Gasteiger partial charge in [0.15, 0.2) is 11.5 Å². The molecule has 0 aromatic heterocycles. The van der Waals surface area contributed by atoms with Gasteiger partial charge in [0.1, 0.15) is 5.75 Å². The maximum Gasteiger partial charge on any atom is 0.387 e. The summed E-state index contributed by atoms with van der Waals surface area (Å²) >= 11 is 0. The first-order valence-electron chi connectivity index (χ1n) is 7.84. The Morgan fingerprint density at radius 1 is 1.00 bits per heavy atom. The number of rotatable bonds is 9. The summed E-state index contributed by atoms with van der Waals surface area (Å²) in [7, 11) is 1.33. The predicted octanol–water partition coefficient (Wildman–Crippen LogP) is 3.87. The lowest BCUT2D eigenvalue weighted by Gasteiger charge is -2.12. The summed E-state index contributed by atoms with van der Waals surface area (Å²) in [4.78, 5) is 12.1. The van der Waals surface area contributed by atoms with E-state index in [-0.39, 0.29) is 29.4 Å². The van der Waals surface area contributed by atoms with Crippen LogP contribution in [0.4, 0.5) is 17.6 Å². The molecule has 2 rings (SSSR count). The second-order valence-electron chi connectivity index (χ2n) is 5.28. The number of benzene rings is 2. The minimum Gasteiger partial charge on any atom is -0.493 e. The Morgan fingerprint density at radius 2 is 1.74 bits per heavy atom. The van der Waals surface area contributed by atoms with Crippen LogP contribution >= 0.6 is 0 Å². The quantitative estimate of drug-likeness (QED) is 0.664. The number of carbonyl (C=O) groups excluding carboxylic acids is 1. The smallest absolute Gasteiger partial charge is 0.387 e. The molecule has 1 N–H and O–H groups in total. The van der Waals surface area contributed by atoms with E-state index in [9.17, 15) is 22.4 Å². The van der Waals surface area contributed by atoms with Gasteiger partial charge < -0.3 is 19.5 Å². The third-order valence-corrected chi connectivity index (χ3v) is 3.46. The second kappa shape index (κ2) is 9.65. The van der Waals surface area contributed by atoms with Gasteiger partial charge in [-0.3, -0.25) is 4.79 Å². The molecule has 0 saturated carbocycles. The van der Waals surface area contributed by atoms with Crippen molar-refractivity contribution in [3.63, 3.8) is 0 Å². The molecule has 27 heavy (non-hydrogen) atoms. The average molecular weight is 387 g/mol. The number of amides is 1. The Labute approximate surface area is 152 Å². The van der Waals surface area contributed by atoms with Crippen LogP contribution in [0.3, 0.4) is 0 Å². The first-order valence-corrected chi connectivity index (χ1v) is 7.84. The van der Waals surface area contributed by atoms with Gasteiger partial charge in [0.2, 0.25) is 0 Å². The van der Waals surface area contributed by atoms with E-state index < -0.39 is 19.1 Å². The Hall–Kier alpha value is -2.97. The third-order valence-electron chi connectivity index (χ3n) is 3.46. The van der Waals surface area contributed by atoms with Crippen molar-refractivity contribution in [2.75, 3.05) is 13.7 Å². The number of hydrogen-bond donors (Lipinski definition) is 1. The minimum atomic E-state index is -2.98. The first kappa shape index (κ1) is 20.3. The molecular formula is C18H17F4NO4. The summed E-state index contributed by atoms with van der Waals surface area (Å²) in [6.45, 7) is -5.71. The van der Waals surface area contributed by atoms with Gasteiger partial charge in [-0.25, -0.2) is 0 Å². The van der Waals surface area contributed by atoms with Crippen molar-refractivity contribution in [1.82, 2.24) is 5.32 Å². The van der Waals surface area contributed by atoms with E-state index in [4.69, 9.17) is 4.74 Å². The van der Waals surface area contributed by atoms with Crippen LogP contribution in [0.15, 0.2) is 42.5 Å². The van der Waals surface area contributed by atoms with Crippen LogP contribution in [0.2, 0.25) is 0 Å². The lowest BCUT2D eigenvalue weighted by atomic mass is 10.1. The molecule has 0 heterocycles. The van der Waals surface area contributed by atoms with Gasteiger partial charge >= 0.3 is 13.2 Å². The maximum absolute atomic E-state index is 12.3. The summed E-state index contributed by atoms with van der Waals surface area (Å²) in [5.41, 5.74) is 0.898. The normalized spacial score (nSPS) is 10.8. The van der Waals surface area contributed by atoms with Gasteiger partial charge in [-0.05, 0) is 42.3 Å². The van der Waals surface area contributed by atoms with E-state index in [1.807, 2.05) is 0 Å². The molecule has 146 valence electrons. The Morgan fingerprint density at radius 3 is 2.41 bits per heavy atom. The number of alkyl halides is 4. The fourth-order valence-electron chi connectivity index (χ4n) is 2.30. The summed E-state index contributed by atoms with van der Waals surface area (Å²) in [6, 6.07) is 9.88. The van der Waals surface area contributed by atoms with Crippen molar-refractivity contribution >= 4 is 5.91 Å². The molecule has 2 aromatic carbocycles. The van der Waals surface area contributed by atoms with Crippen LogP contribution in [-0.2, 0) is 6.42 Å². The van der Waals surface area contributed by atoms with Crippen molar-refractivity contribution in [2.45, 2.75) is 19.6 Å². The molecule has 0 unspecified atom stereocenters. The highest BCUT2D eigenvalue weighted by atomic mass is 19.3. The fraction of sp³-hybridized carbons (Fsp3) is 0.278. The summed E-state index contributed by atoms with van der Waals surface area (Å²) in [5, 5.41) is 2.64. The van der Waals surface area contributed by atoms with Crippen LogP contribution in [0.5, 0.6) is 17.2 Å². The van der Waals surface area contributed by atoms with Gasteiger partial charge in [-0.15, -0.1) is 0 Å².